The molecule has 3 aromatic rings. The number of benzene rings is 1. The van der Waals surface area contributed by atoms with Crippen LogP contribution in [-0.4, -0.2) is 45.1 Å². The molecule has 8 heteroatoms. The molecule has 0 spiro atoms. The van der Waals surface area contributed by atoms with Gasteiger partial charge in [0.2, 0.25) is 0 Å². The summed E-state index contributed by atoms with van der Waals surface area (Å²) in [5, 5.41) is 6.92. The van der Waals surface area contributed by atoms with E-state index in [1.54, 1.807) is 23.7 Å². The summed E-state index contributed by atoms with van der Waals surface area (Å²) in [7, 11) is 1.73. The number of urea groups is 1. The number of fused-ring (bicyclic) bond motifs is 1. The lowest BCUT2D eigenvalue weighted by Gasteiger charge is -2.21. The number of carbonyl (C=O) groups excluding carboxylic acids is 1. The Balaban J connectivity index is 1.71. The number of carbonyl (C=O) groups is 1. The van der Waals surface area contributed by atoms with Crippen molar-refractivity contribution in [1.29, 1.82) is 0 Å². The largest absolute Gasteiger partial charge is 0.359 e. The van der Waals surface area contributed by atoms with Crippen molar-refractivity contribution in [1.82, 2.24) is 25.3 Å². The van der Waals surface area contributed by atoms with Gasteiger partial charge in [0.15, 0.2) is 5.76 Å². The van der Waals surface area contributed by atoms with Gasteiger partial charge in [-0.25, -0.2) is 9.78 Å². The van der Waals surface area contributed by atoms with Crippen molar-refractivity contribution in [3.63, 3.8) is 0 Å². The zero-order valence-corrected chi connectivity index (χ0v) is 16.0. The molecular weight excluding hydrogens is 350 g/mol. The molecule has 138 valence electrons. The Labute approximate surface area is 156 Å². The second-order valence-electron chi connectivity index (χ2n) is 6.21. The summed E-state index contributed by atoms with van der Waals surface area (Å²) >= 11 is 1.74. The van der Waals surface area contributed by atoms with E-state index >= 15 is 0 Å². The highest BCUT2D eigenvalue weighted by Crippen LogP contribution is 2.20. The predicted molar refractivity (Wildman–Crippen MR) is 103 cm³/mol. The molecule has 0 aliphatic heterocycles. The Bertz CT molecular complexity index is 842. The number of nitrogens with one attached hydrogen (secondary N) is 2. The van der Waals surface area contributed by atoms with Crippen molar-refractivity contribution in [3.05, 3.63) is 47.6 Å². The monoisotopic (exact) mass is 373 g/mol. The first-order valence-corrected chi connectivity index (χ1v) is 9.83. The standard InChI is InChI=1S/C18H23N5O2S/c1-12-10-13(25-22-12)11-23(2)18(24)21-16(8-9-26-3)17-19-14-6-4-5-7-15(14)20-17/h4-7,10,16H,8-9,11H2,1-3H3,(H,19,20)(H,21,24)/t16-/m1/s1. The number of amides is 2. The van der Waals surface area contributed by atoms with Crippen LogP contribution in [0.2, 0.25) is 0 Å². The van der Waals surface area contributed by atoms with Gasteiger partial charge in [0.05, 0.1) is 29.3 Å². The van der Waals surface area contributed by atoms with Crippen LogP contribution in [-0.2, 0) is 6.54 Å². The Morgan fingerprint density at radius 1 is 1.42 bits per heavy atom. The third-order valence-electron chi connectivity index (χ3n) is 4.06. The van der Waals surface area contributed by atoms with Crippen molar-refractivity contribution < 1.29 is 9.32 Å². The quantitative estimate of drug-likeness (QED) is 0.662. The SMILES string of the molecule is CSCC[C@@H](NC(=O)N(C)Cc1cc(C)no1)c1nc2ccccc2[nH]1. The summed E-state index contributed by atoms with van der Waals surface area (Å²) in [4.78, 5) is 22.2. The summed E-state index contributed by atoms with van der Waals surface area (Å²) < 4.78 is 5.19. The number of nitrogens with zero attached hydrogens (tertiary/aromatic N) is 3. The van der Waals surface area contributed by atoms with E-state index in [0.717, 1.165) is 34.7 Å². The first kappa shape index (κ1) is 18.3. The Hall–Kier alpha value is -2.48. The van der Waals surface area contributed by atoms with Gasteiger partial charge in [0, 0.05) is 13.1 Å². The second-order valence-corrected chi connectivity index (χ2v) is 7.20. The van der Waals surface area contributed by atoms with Crippen molar-refractivity contribution in [2.24, 2.45) is 0 Å². The van der Waals surface area contributed by atoms with Crippen molar-refractivity contribution in [2.45, 2.75) is 25.9 Å². The van der Waals surface area contributed by atoms with Crippen molar-refractivity contribution in [3.8, 4) is 0 Å². The number of thioether (sulfide) groups is 1. The number of rotatable bonds is 7. The maximum atomic E-state index is 12.6. The zero-order valence-electron chi connectivity index (χ0n) is 15.2. The number of hydrogen-bond donors (Lipinski definition) is 2. The molecule has 0 saturated carbocycles. The molecule has 2 aromatic heterocycles. The van der Waals surface area contributed by atoms with Crippen molar-refractivity contribution >= 4 is 28.8 Å². The number of aromatic amines is 1. The van der Waals surface area contributed by atoms with Crippen LogP contribution in [0, 0.1) is 6.92 Å². The maximum absolute atomic E-state index is 12.6. The minimum atomic E-state index is -0.179. The number of imidazole rings is 1. The first-order chi connectivity index (χ1) is 12.6. The van der Waals surface area contributed by atoms with Crippen LogP contribution in [0.15, 0.2) is 34.9 Å². The van der Waals surface area contributed by atoms with Gasteiger partial charge in [-0.15, -0.1) is 0 Å². The summed E-state index contributed by atoms with van der Waals surface area (Å²) in [6.45, 7) is 2.22. The lowest BCUT2D eigenvalue weighted by atomic mass is 10.2. The van der Waals surface area contributed by atoms with Gasteiger partial charge in [-0.05, 0) is 37.5 Å². The van der Waals surface area contributed by atoms with Gasteiger partial charge in [-0.2, -0.15) is 11.8 Å². The molecule has 7 nitrogen and oxygen atoms in total. The van der Waals surface area contributed by atoms with Gasteiger partial charge in [-0.3, -0.25) is 0 Å². The van der Waals surface area contributed by atoms with E-state index in [1.807, 2.05) is 37.3 Å². The lowest BCUT2D eigenvalue weighted by Crippen LogP contribution is -2.39. The molecule has 0 radical (unpaired) electrons. The van der Waals surface area contributed by atoms with E-state index < -0.39 is 0 Å². The summed E-state index contributed by atoms with van der Waals surface area (Å²) in [6.07, 6.45) is 2.85. The van der Waals surface area contributed by atoms with E-state index in [0.29, 0.717) is 12.3 Å². The number of H-pyrrole nitrogens is 1. The fourth-order valence-corrected chi connectivity index (χ4v) is 3.18. The fraction of sp³-hybridized carbons (Fsp3) is 0.389. The number of aryl methyl sites for hydroxylation is 1. The predicted octanol–water partition coefficient (Wildman–Crippen LogP) is 3.50. The van der Waals surface area contributed by atoms with Gasteiger partial charge in [0.1, 0.15) is 5.82 Å². The fourth-order valence-electron chi connectivity index (χ4n) is 2.71. The van der Waals surface area contributed by atoms with Gasteiger partial charge in [0.25, 0.3) is 0 Å². The number of para-hydroxylation sites is 2. The van der Waals surface area contributed by atoms with Crippen LogP contribution in [0.1, 0.15) is 29.7 Å². The molecule has 0 aliphatic carbocycles. The molecule has 1 atom stereocenters. The van der Waals surface area contributed by atoms with E-state index in [2.05, 4.69) is 26.7 Å². The normalized spacial score (nSPS) is 12.3. The molecule has 26 heavy (non-hydrogen) atoms. The Morgan fingerprint density at radius 2 is 2.23 bits per heavy atom. The van der Waals surface area contributed by atoms with Gasteiger partial charge in [-0.1, -0.05) is 17.3 Å². The third kappa shape index (κ3) is 4.37. The minimum Gasteiger partial charge on any atom is -0.359 e. The highest BCUT2D eigenvalue weighted by molar-refractivity contribution is 7.98. The Morgan fingerprint density at radius 3 is 2.92 bits per heavy atom. The number of hydrogen-bond acceptors (Lipinski definition) is 5. The molecule has 0 aliphatic rings. The van der Waals surface area contributed by atoms with Crippen LogP contribution in [0.4, 0.5) is 4.79 Å². The molecule has 2 heterocycles. The Kier molecular flexibility index (Phi) is 5.82. The van der Waals surface area contributed by atoms with Crippen molar-refractivity contribution in [2.75, 3.05) is 19.1 Å². The minimum absolute atomic E-state index is 0.175. The molecule has 2 amide bonds. The average Bonchev–Trinajstić information content (AvgIpc) is 3.24. The van der Waals surface area contributed by atoms with Crippen LogP contribution in [0.3, 0.4) is 0 Å². The summed E-state index contributed by atoms with van der Waals surface area (Å²) in [6, 6.07) is 9.34. The summed E-state index contributed by atoms with van der Waals surface area (Å²) in [5.41, 5.74) is 2.67. The molecule has 2 N–H and O–H groups in total. The van der Waals surface area contributed by atoms with Gasteiger partial charge < -0.3 is 19.7 Å². The van der Waals surface area contributed by atoms with E-state index in [4.69, 9.17) is 4.52 Å². The van der Waals surface area contributed by atoms with E-state index in [9.17, 15) is 4.79 Å². The zero-order chi connectivity index (χ0) is 18.5. The highest BCUT2D eigenvalue weighted by Gasteiger charge is 2.21. The molecule has 3 rings (SSSR count). The topological polar surface area (TPSA) is 87.1 Å². The van der Waals surface area contributed by atoms with E-state index in [1.165, 1.54) is 0 Å². The van der Waals surface area contributed by atoms with Gasteiger partial charge >= 0.3 is 6.03 Å². The summed E-state index contributed by atoms with van der Waals surface area (Å²) in [5.74, 6) is 2.36. The van der Waals surface area contributed by atoms with Crippen LogP contribution < -0.4 is 5.32 Å². The molecule has 0 bridgehead atoms. The molecule has 0 saturated heterocycles. The smallest absolute Gasteiger partial charge is 0.318 e. The van der Waals surface area contributed by atoms with E-state index in [-0.39, 0.29) is 12.1 Å². The third-order valence-corrected chi connectivity index (χ3v) is 4.71. The first-order valence-electron chi connectivity index (χ1n) is 8.44. The maximum Gasteiger partial charge on any atom is 0.318 e. The number of aromatic nitrogens is 3. The van der Waals surface area contributed by atoms with Crippen LogP contribution >= 0.6 is 11.8 Å². The van der Waals surface area contributed by atoms with Crippen LogP contribution in [0.5, 0.6) is 0 Å². The molecule has 0 unspecified atom stereocenters. The molecular formula is C18H23N5O2S. The molecule has 1 aromatic carbocycles. The second kappa shape index (κ2) is 8.27. The van der Waals surface area contributed by atoms with Crippen LogP contribution in [0.25, 0.3) is 11.0 Å². The molecule has 0 fully saturated rings. The highest BCUT2D eigenvalue weighted by atomic mass is 32.2. The average molecular weight is 373 g/mol. The lowest BCUT2D eigenvalue weighted by molar-refractivity contribution is 0.196.